The van der Waals surface area contributed by atoms with Gasteiger partial charge in [0.15, 0.2) is 0 Å². The largest absolute Gasteiger partial charge is 0.326 e. The molecule has 0 aliphatic rings. The number of aromatic nitrogens is 2. The Hall–Kier alpha value is -3.41. The number of halogens is 1. The second kappa shape index (κ2) is 8.31. The molecule has 1 heterocycles. The maximum Gasteiger partial charge on any atom is 0.275 e. The molecule has 0 aliphatic carbocycles. The van der Waals surface area contributed by atoms with E-state index in [0.29, 0.717) is 28.8 Å². The summed E-state index contributed by atoms with van der Waals surface area (Å²) in [7, 11) is 0. The number of imidazole rings is 1. The summed E-state index contributed by atoms with van der Waals surface area (Å²) >= 11 is 6.04. The molecule has 3 aromatic carbocycles. The molecule has 5 nitrogen and oxygen atoms in total. The zero-order valence-electron chi connectivity index (χ0n) is 15.5. The summed E-state index contributed by atoms with van der Waals surface area (Å²) in [6, 6.07) is 24.5. The van der Waals surface area contributed by atoms with E-state index in [0.717, 1.165) is 16.8 Å². The molecular weight excluding hydrogens is 384 g/mol. The molecule has 1 aromatic heterocycles. The zero-order chi connectivity index (χ0) is 20.2. The number of nitrogens with zero attached hydrogens (tertiary/aromatic N) is 2. The van der Waals surface area contributed by atoms with Gasteiger partial charge >= 0.3 is 0 Å². The molecule has 4 aromatic rings. The van der Waals surface area contributed by atoms with Gasteiger partial charge in [-0.15, -0.1) is 0 Å². The van der Waals surface area contributed by atoms with Crippen molar-refractivity contribution in [2.24, 2.45) is 5.73 Å². The van der Waals surface area contributed by atoms with Crippen molar-refractivity contribution in [2.75, 3.05) is 5.32 Å². The van der Waals surface area contributed by atoms with Gasteiger partial charge in [0, 0.05) is 34.7 Å². The van der Waals surface area contributed by atoms with Gasteiger partial charge in [-0.05, 0) is 42.0 Å². The molecule has 0 radical (unpaired) electrons. The van der Waals surface area contributed by atoms with Gasteiger partial charge in [0.1, 0.15) is 11.5 Å². The van der Waals surface area contributed by atoms with Crippen LogP contribution in [0.4, 0.5) is 5.69 Å². The summed E-state index contributed by atoms with van der Waals surface area (Å²) in [6.45, 7) is 0.370. The fourth-order valence-corrected chi connectivity index (χ4v) is 3.24. The van der Waals surface area contributed by atoms with Crippen LogP contribution >= 0.6 is 11.6 Å². The number of carbonyl (C=O) groups excluding carboxylic acids is 1. The highest BCUT2D eigenvalue weighted by Crippen LogP contribution is 2.27. The van der Waals surface area contributed by atoms with E-state index in [1.165, 1.54) is 0 Å². The van der Waals surface area contributed by atoms with Crippen molar-refractivity contribution in [2.45, 2.75) is 6.54 Å². The number of hydrogen-bond acceptors (Lipinski definition) is 3. The first-order valence-corrected chi connectivity index (χ1v) is 9.53. The van der Waals surface area contributed by atoms with Gasteiger partial charge in [0.25, 0.3) is 5.91 Å². The van der Waals surface area contributed by atoms with Gasteiger partial charge in [-0.25, -0.2) is 4.98 Å². The van der Waals surface area contributed by atoms with Crippen LogP contribution in [0.2, 0.25) is 5.02 Å². The van der Waals surface area contributed by atoms with Gasteiger partial charge in [-0.3, -0.25) is 9.36 Å². The molecule has 3 N–H and O–H groups in total. The lowest BCUT2D eigenvalue weighted by Crippen LogP contribution is -2.12. The van der Waals surface area contributed by atoms with Crippen LogP contribution < -0.4 is 11.1 Å². The number of amides is 1. The van der Waals surface area contributed by atoms with E-state index in [9.17, 15) is 4.79 Å². The molecule has 4 rings (SSSR count). The maximum atomic E-state index is 12.8. The SMILES string of the molecule is NCc1ccccc1-c1nc(C(=O)Nc2ccccc2)cn1-c1ccc(Cl)cc1. The van der Waals surface area contributed by atoms with E-state index in [2.05, 4.69) is 10.3 Å². The predicted molar refractivity (Wildman–Crippen MR) is 116 cm³/mol. The van der Waals surface area contributed by atoms with Crippen LogP contribution in [-0.4, -0.2) is 15.5 Å². The number of anilines is 1. The van der Waals surface area contributed by atoms with Crippen molar-refractivity contribution in [1.82, 2.24) is 9.55 Å². The van der Waals surface area contributed by atoms with Gasteiger partial charge in [-0.2, -0.15) is 0 Å². The smallest absolute Gasteiger partial charge is 0.275 e. The number of benzene rings is 3. The summed E-state index contributed by atoms with van der Waals surface area (Å²) in [5, 5.41) is 3.52. The topological polar surface area (TPSA) is 72.9 Å². The minimum atomic E-state index is -0.282. The predicted octanol–water partition coefficient (Wildman–Crippen LogP) is 4.90. The zero-order valence-corrected chi connectivity index (χ0v) is 16.3. The van der Waals surface area contributed by atoms with Crippen molar-refractivity contribution in [3.05, 3.63) is 101 Å². The Morgan fingerprint density at radius 1 is 0.966 bits per heavy atom. The van der Waals surface area contributed by atoms with Crippen molar-refractivity contribution in [3.8, 4) is 17.1 Å². The lowest BCUT2D eigenvalue weighted by molar-refractivity contribution is 0.102. The van der Waals surface area contributed by atoms with Crippen LogP contribution in [0.5, 0.6) is 0 Å². The van der Waals surface area contributed by atoms with Crippen LogP contribution in [0.15, 0.2) is 85.1 Å². The Bertz CT molecular complexity index is 1140. The molecule has 144 valence electrons. The van der Waals surface area contributed by atoms with Crippen molar-refractivity contribution in [1.29, 1.82) is 0 Å². The summed E-state index contributed by atoms with van der Waals surface area (Å²) in [5.41, 5.74) is 9.63. The van der Waals surface area contributed by atoms with E-state index in [1.807, 2.05) is 71.3 Å². The average Bonchev–Trinajstić information content (AvgIpc) is 3.20. The monoisotopic (exact) mass is 402 g/mol. The lowest BCUT2D eigenvalue weighted by atomic mass is 10.1. The van der Waals surface area contributed by atoms with E-state index >= 15 is 0 Å². The minimum Gasteiger partial charge on any atom is -0.326 e. The Morgan fingerprint density at radius 3 is 2.38 bits per heavy atom. The maximum absolute atomic E-state index is 12.8. The number of para-hydroxylation sites is 1. The van der Waals surface area contributed by atoms with Crippen LogP contribution in [0, 0.1) is 0 Å². The highest BCUT2D eigenvalue weighted by molar-refractivity contribution is 6.30. The van der Waals surface area contributed by atoms with Gasteiger partial charge in [0.05, 0.1) is 0 Å². The minimum absolute atomic E-state index is 0.282. The molecule has 6 heteroatoms. The molecule has 0 saturated carbocycles. The molecule has 0 bridgehead atoms. The molecule has 0 atom stereocenters. The highest BCUT2D eigenvalue weighted by Gasteiger charge is 2.18. The van der Waals surface area contributed by atoms with E-state index in [4.69, 9.17) is 17.3 Å². The van der Waals surface area contributed by atoms with E-state index in [1.54, 1.807) is 18.3 Å². The normalized spacial score (nSPS) is 10.7. The van der Waals surface area contributed by atoms with Gasteiger partial charge < -0.3 is 11.1 Å². The fourth-order valence-electron chi connectivity index (χ4n) is 3.11. The molecule has 29 heavy (non-hydrogen) atoms. The summed E-state index contributed by atoms with van der Waals surface area (Å²) in [5.74, 6) is 0.363. The van der Waals surface area contributed by atoms with Crippen molar-refractivity contribution >= 4 is 23.2 Å². The summed E-state index contributed by atoms with van der Waals surface area (Å²) < 4.78 is 1.88. The number of rotatable bonds is 5. The number of carbonyl (C=O) groups is 1. The first-order valence-electron chi connectivity index (χ1n) is 9.16. The number of nitrogens with two attached hydrogens (primary N) is 1. The molecular formula is C23H19ClN4O. The molecule has 0 unspecified atom stereocenters. The molecule has 1 amide bonds. The Morgan fingerprint density at radius 2 is 1.66 bits per heavy atom. The lowest BCUT2D eigenvalue weighted by Gasteiger charge is -2.11. The second-order valence-corrected chi connectivity index (χ2v) is 6.91. The second-order valence-electron chi connectivity index (χ2n) is 6.48. The standard InChI is InChI=1S/C23H19ClN4O/c24-17-10-12-19(13-11-17)28-15-21(23(29)26-18-7-2-1-3-8-18)27-22(28)20-9-5-4-6-16(20)14-25/h1-13,15H,14,25H2,(H,26,29). The first kappa shape index (κ1) is 18.9. The fraction of sp³-hybridized carbons (Fsp3) is 0.0435. The Balaban J connectivity index is 1.80. The third-order valence-electron chi connectivity index (χ3n) is 4.55. The number of nitrogens with one attached hydrogen (secondary N) is 1. The third-order valence-corrected chi connectivity index (χ3v) is 4.81. The molecule has 0 saturated heterocycles. The summed E-state index contributed by atoms with van der Waals surface area (Å²) in [6.07, 6.45) is 1.73. The van der Waals surface area contributed by atoms with Gasteiger partial charge in [-0.1, -0.05) is 54.1 Å². The quantitative estimate of drug-likeness (QED) is 0.498. The summed E-state index contributed by atoms with van der Waals surface area (Å²) in [4.78, 5) is 17.5. The average molecular weight is 403 g/mol. The molecule has 0 fully saturated rings. The third kappa shape index (κ3) is 4.06. The van der Waals surface area contributed by atoms with Crippen LogP contribution in [0.25, 0.3) is 17.1 Å². The molecule has 0 spiro atoms. The van der Waals surface area contributed by atoms with E-state index < -0.39 is 0 Å². The molecule has 0 aliphatic heterocycles. The highest BCUT2D eigenvalue weighted by atomic mass is 35.5. The Labute approximate surface area is 173 Å². The van der Waals surface area contributed by atoms with Crippen molar-refractivity contribution < 1.29 is 4.79 Å². The van der Waals surface area contributed by atoms with Crippen LogP contribution in [-0.2, 0) is 6.54 Å². The number of hydrogen-bond donors (Lipinski definition) is 2. The van der Waals surface area contributed by atoms with Crippen LogP contribution in [0.3, 0.4) is 0 Å². The van der Waals surface area contributed by atoms with Crippen molar-refractivity contribution in [3.63, 3.8) is 0 Å². The van der Waals surface area contributed by atoms with E-state index in [-0.39, 0.29) is 5.91 Å². The van der Waals surface area contributed by atoms with Crippen LogP contribution in [0.1, 0.15) is 16.1 Å². The first-order chi connectivity index (χ1) is 14.2. The van der Waals surface area contributed by atoms with Gasteiger partial charge in [0.2, 0.25) is 0 Å². The Kier molecular flexibility index (Phi) is 5.42.